The highest BCUT2D eigenvalue weighted by Gasteiger charge is 2.31. The SMILES string of the molecule is CSc1ncc(C(=O)Nc2cc(C(F)(F)F)c[nH]c2=O)n1-c1ccc(F)cc1. The highest BCUT2D eigenvalue weighted by atomic mass is 32.2. The van der Waals surface area contributed by atoms with Gasteiger partial charge in [-0.2, -0.15) is 13.2 Å². The molecule has 3 aromatic rings. The quantitative estimate of drug-likeness (QED) is 0.506. The van der Waals surface area contributed by atoms with E-state index in [1.807, 2.05) is 4.98 Å². The summed E-state index contributed by atoms with van der Waals surface area (Å²) in [5.74, 6) is -1.32. The van der Waals surface area contributed by atoms with Crippen molar-refractivity contribution in [3.05, 3.63) is 70.2 Å². The predicted octanol–water partition coefficient (Wildman–Crippen LogP) is 3.69. The molecule has 0 atom stereocenters. The number of aromatic amines is 1. The van der Waals surface area contributed by atoms with E-state index in [2.05, 4.69) is 10.3 Å². The summed E-state index contributed by atoms with van der Waals surface area (Å²) in [5, 5.41) is 2.57. The number of hydrogen-bond donors (Lipinski definition) is 2. The van der Waals surface area contributed by atoms with Gasteiger partial charge in [-0.05, 0) is 36.6 Å². The Labute approximate surface area is 159 Å². The molecule has 0 fully saturated rings. The summed E-state index contributed by atoms with van der Waals surface area (Å²) >= 11 is 1.21. The molecule has 0 spiro atoms. The summed E-state index contributed by atoms with van der Waals surface area (Å²) < 4.78 is 53.1. The normalized spacial score (nSPS) is 11.5. The van der Waals surface area contributed by atoms with E-state index in [1.165, 1.54) is 46.8 Å². The Hall–Kier alpha value is -3.08. The molecule has 0 bridgehead atoms. The number of rotatable bonds is 4. The number of carbonyl (C=O) groups is 1. The minimum Gasteiger partial charge on any atom is -0.327 e. The van der Waals surface area contributed by atoms with Gasteiger partial charge in [-0.3, -0.25) is 14.2 Å². The van der Waals surface area contributed by atoms with Crippen molar-refractivity contribution in [3.63, 3.8) is 0 Å². The Kier molecular flexibility index (Phi) is 5.27. The number of H-pyrrole nitrogens is 1. The van der Waals surface area contributed by atoms with Crippen LogP contribution in [-0.2, 0) is 6.18 Å². The van der Waals surface area contributed by atoms with E-state index >= 15 is 0 Å². The van der Waals surface area contributed by atoms with E-state index < -0.39 is 34.7 Å². The summed E-state index contributed by atoms with van der Waals surface area (Å²) in [7, 11) is 0. The maximum absolute atomic E-state index is 13.2. The molecule has 2 aromatic heterocycles. The molecule has 0 aliphatic rings. The van der Waals surface area contributed by atoms with Crippen molar-refractivity contribution in [3.8, 4) is 5.69 Å². The van der Waals surface area contributed by atoms with E-state index in [0.29, 0.717) is 23.1 Å². The average molecular weight is 412 g/mol. The van der Waals surface area contributed by atoms with Gasteiger partial charge in [-0.25, -0.2) is 9.37 Å². The molecule has 6 nitrogen and oxygen atoms in total. The fourth-order valence-electron chi connectivity index (χ4n) is 2.41. The second-order valence-electron chi connectivity index (χ2n) is 5.53. The van der Waals surface area contributed by atoms with Gasteiger partial charge < -0.3 is 10.3 Å². The van der Waals surface area contributed by atoms with E-state index in [-0.39, 0.29) is 5.69 Å². The first kappa shape index (κ1) is 19.7. The molecule has 2 heterocycles. The zero-order valence-electron chi connectivity index (χ0n) is 14.2. The average Bonchev–Trinajstić information content (AvgIpc) is 3.07. The first-order valence-corrected chi connectivity index (χ1v) is 8.92. The summed E-state index contributed by atoms with van der Waals surface area (Å²) in [6.07, 6.45) is -1.24. The smallest absolute Gasteiger partial charge is 0.327 e. The minimum absolute atomic E-state index is 0.0345. The predicted molar refractivity (Wildman–Crippen MR) is 95.3 cm³/mol. The molecule has 1 amide bonds. The molecule has 0 unspecified atom stereocenters. The number of anilines is 1. The second kappa shape index (κ2) is 7.50. The van der Waals surface area contributed by atoms with Gasteiger partial charge in [-0.1, -0.05) is 11.8 Å². The van der Waals surface area contributed by atoms with Crippen LogP contribution in [0.1, 0.15) is 16.1 Å². The van der Waals surface area contributed by atoms with E-state index in [0.717, 1.165) is 0 Å². The number of nitrogens with one attached hydrogen (secondary N) is 2. The summed E-state index contributed by atoms with van der Waals surface area (Å²) in [6, 6.07) is 5.78. The van der Waals surface area contributed by atoms with Crippen LogP contribution in [0.25, 0.3) is 5.69 Å². The third-order valence-electron chi connectivity index (χ3n) is 3.71. The van der Waals surface area contributed by atoms with E-state index in [1.54, 1.807) is 6.26 Å². The van der Waals surface area contributed by atoms with Crippen LogP contribution in [0.4, 0.5) is 23.2 Å². The molecule has 1 aromatic carbocycles. The maximum Gasteiger partial charge on any atom is 0.417 e. The maximum atomic E-state index is 13.2. The minimum atomic E-state index is -4.69. The van der Waals surface area contributed by atoms with E-state index in [9.17, 15) is 27.2 Å². The molecule has 2 N–H and O–H groups in total. The van der Waals surface area contributed by atoms with E-state index in [4.69, 9.17) is 0 Å². The number of imidazole rings is 1. The number of amides is 1. The Morgan fingerprint density at radius 3 is 2.54 bits per heavy atom. The monoisotopic (exact) mass is 412 g/mol. The van der Waals surface area contributed by atoms with Crippen molar-refractivity contribution in [1.82, 2.24) is 14.5 Å². The number of aromatic nitrogens is 3. The van der Waals surface area contributed by atoms with Crippen LogP contribution in [-0.4, -0.2) is 26.7 Å². The van der Waals surface area contributed by atoms with Gasteiger partial charge in [0, 0.05) is 11.9 Å². The number of benzene rings is 1. The van der Waals surface area contributed by atoms with Crippen LogP contribution in [0.3, 0.4) is 0 Å². The Balaban J connectivity index is 2.00. The Morgan fingerprint density at radius 1 is 1.25 bits per heavy atom. The number of thioether (sulfide) groups is 1. The van der Waals surface area contributed by atoms with Crippen LogP contribution in [0, 0.1) is 5.82 Å². The lowest BCUT2D eigenvalue weighted by Crippen LogP contribution is -2.23. The number of halogens is 4. The third-order valence-corrected chi connectivity index (χ3v) is 4.36. The van der Waals surface area contributed by atoms with Gasteiger partial charge in [0.25, 0.3) is 11.5 Å². The lowest BCUT2D eigenvalue weighted by atomic mass is 10.2. The molecule has 0 saturated heterocycles. The molecule has 0 saturated carbocycles. The summed E-state index contributed by atoms with van der Waals surface area (Å²) in [6.45, 7) is 0. The molecule has 0 aliphatic carbocycles. The van der Waals surface area contributed by atoms with Crippen molar-refractivity contribution in [1.29, 1.82) is 0 Å². The van der Waals surface area contributed by atoms with Crippen molar-refractivity contribution < 1.29 is 22.4 Å². The molecule has 0 radical (unpaired) electrons. The lowest BCUT2D eigenvalue weighted by Gasteiger charge is -2.12. The highest BCUT2D eigenvalue weighted by Crippen LogP contribution is 2.29. The lowest BCUT2D eigenvalue weighted by molar-refractivity contribution is -0.137. The highest BCUT2D eigenvalue weighted by molar-refractivity contribution is 7.98. The van der Waals surface area contributed by atoms with Gasteiger partial charge in [0.15, 0.2) is 5.16 Å². The number of carbonyl (C=O) groups excluding carboxylic acids is 1. The molecular weight excluding hydrogens is 400 g/mol. The van der Waals surface area contributed by atoms with Crippen molar-refractivity contribution in [2.24, 2.45) is 0 Å². The molecule has 146 valence electrons. The van der Waals surface area contributed by atoms with Gasteiger partial charge >= 0.3 is 6.18 Å². The standard InChI is InChI=1S/C17H12F4N4O2S/c1-28-16-23-8-13(25(16)11-4-2-10(18)3-5-11)15(27)24-12-6-9(17(19,20)21)7-22-14(12)26/h2-8H,1H3,(H,22,26)(H,24,27). The van der Waals surface area contributed by atoms with Crippen LogP contribution >= 0.6 is 11.8 Å². The molecule has 3 rings (SSSR count). The topological polar surface area (TPSA) is 79.8 Å². The number of alkyl halides is 3. The van der Waals surface area contributed by atoms with Crippen molar-refractivity contribution in [2.75, 3.05) is 11.6 Å². The number of nitrogens with zero attached hydrogens (tertiary/aromatic N) is 2. The van der Waals surface area contributed by atoms with Crippen molar-refractivity contribution >= 4 is 23.4 Å². The number of hydrogen-bond acceptors (Lipinski definition) is 4. The number of pyridine rings is 1. The van der Waals surface area contributed by atoms with Crippen LogP contribution < -0.4 is 10.9 Å². The molecule has 11 heteroatoms. The van der Waals surface area contributed by atoms with Crippen LogP contribution in [0.2, 0.25) is 0 Å². The second-order valence-corrected chi connectivity index (χ2v) is 6.30. The van der Waals surface area contributed by atoms with Gasteiger partial charge in [-0.15, -0.1) is 0 Å². The van der Waals surface area contributed by atoms with Crippen LogP contribution in [0.15, 0.2) is 52.7 Å². The fourth-order valence-corrected chi connectivity index (χ4v) is 2.95. The van der Waals surface area contributed by atoms with Crippen molar-refractivity contribution in [2.45, 2.75) is 11.3 Å². The zero-order valence-corrected chi connectivity index (χ0v) is 15.0. The molecule has 0 aliphatic heterocycles. The zero-order chi connectivity index (χ0) is 20.5. The van der Waals surface area contributed by atoms with Crippen LogP contribution in [0.5, 0.6) is 0 Å². The fraction of sp³-hybridized carbons (Fsp3) is 0.118. The summed E-state index contributed by atoms with van der Waals surface area (Å²) in [5.41, 5.74) is -2.17. The third kappa shape index (κ3) is 3.93. The van der Waals surface area contributed by atoms with Gasteiger partial charge in [0.05, 0.1) is 11.8 Å². The Morgan fingerprint density at radius 2 is 1.93 bits per heavy atom. The first-order chi connectivity index (χ1) is 13.2. The van der Waals surface area contributed by atoms with Gasteiger partial charge in [0.2, 0.25) is 0 Å². The molecule has 28 heavy (non-hydrogen) atoms. The summed E-state index contributed by atoms with van der Waals surface area (Å²) in [4.78, 5) is 30.5. The van der Waals surface area contributed by atoms with Gasteiger partial charge in [0.1, 0.15) is 17.2 Å². The molecular formula is C17H12F4N4O2S. The largest absolute Gasteiger partial charge is 0.417 e. The Bertz CT molecular complexity index is 1070. The first-order valence-electron chi connectivity index (χ1n) is 7.69.